The van der Waals surface area contributed by atoms with E-state index in [9.17, 15) is 13.2 Å². The van der Waals surface area contributed by atoms with Crippen molar-refractivity contribution in [2.75, 3.05) is 29.9 Å². The molecule has 1 atom stereocenters. The maximum atomic E-state index is 11.7. The molecule has 3 N–H and O–H groups in total. The average Bonchev–Trinajstić information content (AvgIpc) is 3.21. The van der Waals surface area contributed by atoms with E-state index in [1.807, 2.05) is 20.0 Å². The molecule has 3 rings (SSSR count). The fraction of sp³-hybridized carbons (Fsp3) is 0.364. The predicted octanol–water partition coefficient (Wildman–Crippen LogP) is 4.02. The molecule has 188 valence electrons. The first-order valence-electron chi connectivity index (χ1n) is 10.7. The minimum absolute atomic E-state index is 0.0575. The number of anilines is 2. The highest BCUT2D eigenvalue weighted by Gasteiger charge is 2.19. The number of aromatic nitrogens is 4. The second-order valence-corrected chi connectivity index (χ2v) is 10.6. The van der Waals surface area contributed by atoms with Gasteiger partial charge in [0.1, 0.15) is 5.69 Å². The fourth-order valence-corrected chi connectivity index (χ4v) is 4.00. The number of hydrogen-bond acceptors (Lipinski definition) is 7. The van der Waals surface area contributed by atoms with Gasteiger partial charge >= 0.3 is 6.09 Å². The van der Waals surface area contributed by atoms with Gasteiger partial charge in [0.25, 0.3) is 0 Å². The van der Waals surface area contributed by atoms with Crippen molar-refractivity contribution in [3.05, 3.63) is 41.7 Å². The van der Waals surface area contributed by atoms with Gasteiger partial charge in [0.05, 0.1) is 17.6 Å². The summed E-state index contributed by atoms with van der Waals surface area (Å²) in [6.45, 7) is 6.07. The van der Waals surface area contributed by atoms with Crippen LogP contribution >= 0.6 is 11.6 Å². The zero-order valence-electron chi connectivity index (χ0n) is 20.0. The lowest BCUT2D eigenvalue weighted by Gasteiger charge is -2.21. The molecule has 2 aromatic heterocycles. The number of hydrogen-bond donors (Lipinski definition) is 3. The Hall–Kier alpha value is -3.38. The number of carbonyl (C=O) groups is 1. The number of sulfonamides is 1. The maximum absolute atomic E-state index is 11.7. The summed E-state index contributed by atoms with van der Waals surface area (Å²) in [5, 5.41) is 17.3. The van der Waals surface area contributed by atoms with Crippen molar-refractivity contribution in [3.8, 4) is 22.5 Å². The highest BCUT2D eigenvalue weighted by molar-refractivity contribution is 7.92. The third-order valence-corrected chi connectivity index (χ3v) is 6.01. The standard InChI is InChI=1S/C22H28ClN7O4S/c1-13(2)30-12-18(19-6-7-24-21(26-19)25-11-14(3)29(4)22(31)32)20(27-30)15-8-16(23)10-17(9-15)28-35(5,33)34/h6-10,12-14,28H,11H2,1-5H3,(H,31,32)(H,24,25,26)/t14-/m0/s1. The number of amides is 1. The van der Waals surface area contributed by atoms with E-state index >= 15 is 0 Å². The molecule has 1 amide bonds. The van der Waals surface area contributed by atoms with Crippen molar-refractivity contribution in [2.24, 2.45) is 0 Å². The largest absolute Gasteiger partial charge is 0.465 e. The molecule has 0 bridgehead atoms. The van der Waals surface area contributed by atoms with Crippen LogP contribution < -0.4 is 10.0 Å². The van der Waals surface area contributed by atoms with Crippen LogP contribution in [0.3, 0.4) is 0 Å². The third kappa shape index (κ3) is 6.83. The van der Waals surface area contributed by atoms with Gasteiger partial charge in [0.2, 0.25) is 16.0 Å². The number of nitrogens with zero attached hydrogens (tertiary/aromatic N) is 5. The average molecular weight is 522 g/mol. The zero-order valence-corrected chi connectivity index (χ0v) is 21.6. The molecule has 0 fully saturated rings. The van der Waals surface area contributed by atoms with E-state index in [-0.39, 0.29) is 12.1 Å². The highest BCUT2D eigenvalue weighted by atomic mass is 35.5. The molecule has 0 aliphatic heterocycles. The van der Waals surface area contributed by atoms with Crippen molar-refractivity contribution in [2.45, 2.75) is 32.9 Å². The highest BCUT2D eigenvalue weighted by Crippen LogP contribution is 2.34. The van der Waals surface area contributed by atoms with Crippen LogP contribution in [0.25, 0.3) is 22.5 Å². The Morgan fingerprint density at radius 1 is 1.26 bits per heavy atom. The van der Waals surface area contributed by atoms with Crippen LogP contribution in [-0.4, -0.2) is 70.2 Å². The minimum Gasteiger partial charge on any atom is -0.465 e. The number of halogens is 1. The molecule has 2 heterocycles. The predicted molar refractivity (Wildman–Crippen MR) is 136 cm³/mol. The summed E-state index contributed by atoms with van der Waals surface area (Å²) in [5.41, 5.74) is 2.79. The van der Waals surface area contributed by atoms with Crippen molar-refractivity contribution in [3.63, 3.8) is 0 Å². The lowest BCUT2D eigenvalue weighted by Crippen LogP contribution is -2.38. The zero-order chi connectivity index (χ0) is 25.9. The van der Waals surface area contributed by atoms with E-state index in [1.165, 1.54) is 18.0 Å². The molecule has 0 unspecified atom stereocenters. The molecule has 35 heavy (non-hydrogen) atoms. The van der Waals surface area contributed by atoms with Crippen LogP contribution in [0, 0.1) is 0 Å². The number of likely N-dealkylation sites (N-methyl/N-ethyl adjacent to an activating group) is 1. The number of benzene rings is 1. The smallest absolute Gasteiger partial charge is 0.407 e. The molecule has 0 aliphatic rings. The normalized spacial score (nSPS) is 12.4. The lowest BCUT2D eigenvalue weighted by atomic mass is 10.1. The Bertz CT molecular complexity index is 1330. The SMILES string of the molecule is CC(C)n1cc(-c2ccnc(NC[C@H](C)N(C)C(=O)O)n2)c(-c2cc(Cl)cc(NS(C)(=O)=O)c2)n1. The van der Waals surface area contributed by atoms with E-state index in [4.69, 9.17) is 21.8 Å². The quantitative estimate of drug-likeness (QED) is 0.383. The van der Waals surface area contributed by atoms with Crippen LogP contribution in [0.15, 0.2) is 36.7 Å². The molecule has 1 aromatic carbocycles. The van der Waals surface area contributed by atoms with Gasteiger partial charge in [0, 0.05) is 54.2 Å². The van der Waals surface area contributed by atoms with Crippen LogP contribution in [0.4, 0.5) is 16.4 Å². The van der Waals surface area contributed by atoms with Gasteiger partial charge < -0.3 is 15.3 Å². The molecule has 0 saturated carbocycles. The van der Waals surface area contributed by atoms with E-state index in [2.05, 4.69) is 20.0 Å². The van der Waals surface area contributed by atoms with E-state index in [1.54, 1.807) is 36.0 Å². The first-order valence-corrected chi connectivity index (χ1v) is 13.0. The van der Waals surface area contributed by atoms with Gasteiger partial charge in [-0.1, -0.05) is 11.6 Å². The van der Waals surface area contributed by atoms with Crippen LogP contribution in [0.1, 0.15) is 26.8 Å². The van der Waals surface area contributed by atoms with Gasteiger partial charge in [-0.2, -0.15) is 5.10 Å². The summed E-state index contributed by atoms with van der Waals surface area (Å²) in [5.74, 6) is 0.335. The Labute approximate surface area is 209 Å². The van der Waals surface area contributed by atoms with Gasteiger partial charge in [0.15, 0.2) is 0 Å². The van der Waals surface area contributed by atoms with Crippen LogP contribution in [0.5, 0.6) is 0 Å². The first-order chi connectivity index (χ1) is 16.3. The van der Waals surface area contributed by atoms with Gasteiger partial charge in [-0.15, -0.1) is 0 Å². The molecule has 11 nitrogen and oxygen atoms in total. The number of rotatable bonds is 9. The molecular formula is C22H28ClN7O4S. The molecule has 13 heteroatoms. The molecule has 0 saturated heterocycles. The topological polar surface area (TPSA) is 142 Å². The fourth-order valence-electron chi connectivity index (χ4n) is 3.21. The summed E-state index contributed by atoms with van der Waals surface area (Å²) in [6.07, 6.45) is 3.50. The molecular weight excluding hydrogens is 494 g/mol. The summed E-state index contributed by atoms with van der Waals surface area (Å²) in [6, 6.07) is 6.38. The van der Waals surface area contributed by atoms with Crippen LogP contribution in [-0.2, 0) is 10.0 Å². The molecule has 0 aliphatic carbocycles. The summed E-state index contributed by atoms with van der Waals surface area (Å²) < 4.78 is 27.7. The molecule has 0 spiro atoms. The van der Waals surface area contributed by atoms with E-state index in [0.717, 1.165) is 6.26 Å². The molecule has 3 aromatic rings. The Balaban J connectivity index is 2.00. The summed E-state index contributed by atoms with van der Waals surface area (Å²) in [7, 11) is -2.00. The first kappa shape index (κ1) is 26.2. The van der Waals surface area contributed by atoms with Crippen molar-refractivity contribution in [1.29, 1.82) is 0 Å². The number of nitrogens with one attached hydrogen (secondary N) is 2. The Morgan fingerprint density at radius 3 is 2.60 bits per heavy atom. The molecule has 0 radical (unpaired) electrons. The lowest BCUT2D eigenvalue weighted by molar-refractivity contribution is 0.144. The Morgan fingerprint density at radius 2 is 1.97 bits per heavy atom. The van der Waals surface area contributed by atoms with Crippen molar-refractivity contribution < 1.29 is 18.3 Å². The van der Waals surface area contributed by atoms with Gasteiger partial charge in [-0.05, 0) is 45.0 Å². The van der Waals surface area contributed by atoms with Crippen molar-refractivity contribution >= 4 is 39.4 Å². The second-order valence-electron chi connectivity index (χ2n) is 8.46. The Kier molecular flexibility index (Phi) is 7.86. The van der Waals surface area contributed by atoms with Gasteiger partial charge in [-0.3, -0.25) is 9.40 Å². The van der Waals surface area contributed by atoms with Gasteiger partial charge in [-0.25, -0.2) is 23.2 Å². The second kappa shape index (κ2) is 10.5. The third-order valence-electron chi connectivity index (χ3n) is 5.19. The number of carboxylic acid groups (broad SMARTS) is 1. The van der Waals surface area contributed by atoms with E-state index < -0.39 is 16.1 Å². The summed E-state index contributed by atoms with van der Waals surface area (Å²) in [4.78, 5) is 21.2. The van der Waals surface area contributed by atoms with E-state index in [0.29, 0.717) is 45.7 Å². The minimum atomic E-state index is -3.50. The summed E-state index contributed by atoms with van der Waals surface area (Å²) >= 11 is 6.29. The maximum Gasteiger partial charge on any atom is 0.407 e. The van der Waals surface area contributed by atoms with Crippen molar-refractivity contribution in [1.82, 2.24) is 24.6 Å². The van der Waals surface area contributed by atoms with Crippen LogP contribution in [0.2, 0.25) is 5.02 Å². The monoisotopic (exact) mass is 521 g/mol.